The standard InChI is InChI=1S/C13H27NO2/c1-6-11(14)13(4,8-7-10(2)3)9-12(15)16-5/h10-11H,6-9,14H2,1-5H3. The quantitative estimate of drug-likeness (QED) is 0.683. The molecule has 0 fully saturated rings. The van der Waals surface area contributed by atoms with Crippen LogP contribution < -0.4 is 5.73 Å². The van der Waals surface area contributed by atoms with Crippen molar-refractivity contribution in [3.8, 4) is 0 Å². The van der Waals surface area contributed by atoms with E-state index in [-0.39, 0.29) is 17.4 Å². The predicted octanol–water partition coefficient (Wildman–Crippen LogP) is 2.73. The molecular formula is C13H27NO2. The van der Waals surface area contributed by atoms with Gasteiger partial charge in [0.05, 0.1) is 13.5 Å². The van der Waals surface area contributed by atoms with Crippen LogP contribution in [0.15, 0.2) is 0 Å². The molecule has 3 heteroatoms. The number of carbonyl (C=O) groups excluding carboxylic acids is 1. The van der Waals surface area contributed by atoms with E-state index >= 15 is 0 Å². The van der Waals surface area contributed by atoms with Crippen LogP contribution in [-0.2, 0) is 9.53 Å². The average Bonchev–Trinajstić information content (AvgIpc) is 2.25. The third kappa shape index (κ3) is 4.97. The monoisotopic (exact) mass is 229 g/mol. The molecule has 0 aromatic heterocycles. The molecule has 0 saturated heterocycles. The molecule has 0 amide bonds. The van der Waals surface area contributed by atoms with Crippen molar-refractivity contribution in [3.05, 3.63) is 0 Å². The van der Waals surface area contributed by atoms with Crippen molar-refractivity contribution in [1.82, 2.24) is 0 Å². The molecule has 3 nitrogen and oxygen atoms in total. The Kier molecular flexibility index (Phi) is 6.65. The van der Waals surface area contributed by atoms with Crippen molar-refractivity contribution < 1.29 is 9.53 Å². The molecule has 0 heterocycles. The van der Waals surface area contributed by atoms with Gasteiger partial charge in [0.25, 0.3) is 0 Å². The fraction of sp³-hybridized carbons (Fsp3) is 0.923. The minimum Gasteiger partial charge on any atom is -0.469 e. The van der Waals surface area contributed by atoms with Crippen molar-refractivity contribution in [3.63, 3.8) is 0 Å². The van der Waals surface area contributed by atoms with Crippen molar-refractivity contribution in [2.45, 2.75) is 59.4 Å². The van der Waals surface area contributed by atoms with Gasteiger partial charge in [-0.2, -0.15) is 0 Å². The lowest BCUT2D eigenvalue weighted by molar-refractivity contribution is -0.143. The maximum absolute atomic E-state index is 11.4. The highest BCUT2D eigenvalue weighted by molar-refractivity contribution is 5.70. The maximum Gasteiger partial charge on any atom is 0.306 e. The molecular weight excluding hydrogens is 202 g/mol. The number of nitrogens with two attached hydrogens (primary N) is 1. The van der Waals surface area contributed by atoms with Crippen molar-refractivity contribution in [2.24, 2.45) is 17.1 Å². The van der Waals surface area contributed by atoms with Crippen LogP contribution >= 0.6 is 0 Å². The number of hydrogen-bond donors (Lipinski definition) is 1. The molecule has 0 aromatic rings. The first-order valence-corrected chi connectivity index (χ1v) is 6.18. The second-order valence-corrected chi connectivity index (χ2v) is 5.35. The van der Waals surface area contributed by atoms with E-state index in [4.69, 9.17) is 10.5 Å². The zero-order valence-electron chi connectivity index (χ0n) is 11.4. The van der Waals surface area contributed by atoms with E-state index in [1.54, 1.807) is 0 Å². The maximum atomic E-state index is 11.4. The zero-order chi connectivity index (χ0) is 12.8. The summed E-state index contributed by atoms with van der Waals surface area (Å²) < 4.78 is 4.75. The van der Waals surface area contributed by atoms with E-state index in [2.05, 4.69) is 27.7 Å². The van der Waals surface area contributed by atoms with E-state index in [0.717, 1.165) is 19.3 Å². The summed E-state index contributed by atoms with van der Waals surface area (Å²) in [6.45, 7) is 8.54. The summed E-state index contributed by atoms with van der Waals surface area (Å²) in [5, 5.41) is 0. The summed E-state index contributed by atoms with van der Waals surface area (Å²) >= 11 is 0. The van der Waals surface area contributed by atoms with Gasteiger partial charge in [-0.05, 0) is 24.2 Å². The number of hydrogen-bond acceptors (Lipinski definition) is 3. The topological polar surface area (TPSA) is 52.3 Å². The van der Waals surface area contributed by atoms with E-state index in [1.165, 1.54) is 7.11 Å². The van der Waals surface area contributed by atoms with Gasteiger partial charge in [-0.15, -0.1) is 0 Å². The predicted molar refractivity (Wildman–Crippen MR) is 67.1 cm³/mol. The molecule has 0 aromatic carbocycles. The molecule has 2 unspecified atom stereocenters. The van der Waals surface area contributed by atoms with Crippen molar-refractivity contribution in [1.29, 1.82) is 0 Å². The van der Waals surface area contributed by atoms with Gasteiger partial charge in [0, 0.05) is 6.04 Å². The van der Waals surface area contributed by atoms with Gasteiger partial charge in [-0.3, -0.25) is 4.79 Å². The molecule has 0 spiro atoms. The van der Waals surface area contributed by atoms with Gasteiger partial charge < -0.3 is 10.5 Å². The normalized spacial score (nSPS) is 16.9. The highest BCUT2D eigenvalue weighted by Gasteiger charge is 2.33. The first kappa shape index (κ1) is 15.4. The van der Waals surface area contributed by atoms with Crippen LogP contribution in [0.1, 0.15) is 53.4 Å². The SMILES string of the molecule is CCC(N)C(C)(CCC(C)C)CC(=O)OC. The van der Waals surface area contributed by atoms with Crippen molar-refractivity contribution in [2.75, 3.05) is 7.11 Å². The van der Waals surface area contributed by atoms with E-state index in [0.29, 0.717) is 12.3 Å². The summed E-state index contributed by atoms with van der Waals surface area (Å²) in [4.78, 5) is 11.4. The molecule has 2 atom stereocenters. The van der Waals surface area contributed by atoms with Gasteiger partial charge in [0.1, 0.15) is 0 Å². The van der Waals surface area contributed by atoms with Crippen LogP contribution in [0.5, 0.6) is 0 Å². The number of carbonyl (C=O) groups is 1. The second kappa shape index (κ2) is 6.89. The minimum absolute atomic E-state index is 0.0605. The van der Waals surface area contributed by atoms with Gasteiger partial charge in [-0.25, -0.2) is 0 Å². The van der Waals surface area contributed by atoms with Crippen LogP contribution in [0.25, 0.3) is 0 Å². The summed E-state index contributed by atoms with van der Waals surface area (Å²) in [6, 6.07) is 0.0605. The van der Waals surface area contributed by atoms with Crippen LogP contribution in [0.3, 0.4) is 0 Å². The highest BCUT2D eigenvalue weighted by atomic mass is 16.5. The molecule has 0 bridgehead atoms. The molecule has 0 aliphatic heterocycles. The average molecular weight is 229 g/mol. The Morgan fingerprint density at radius 3 is 2.38 bits per heavy atom. The van der Waals surface area contributed by atoms with Gasteiger partial charge >= 0.3 is 5.97 Å². The largest absolute Gasteiger partial charge is 0.469 e. The summed E-state index contributed by atoms with van der Waals surface area (Å²) in [6.07, 6.45) is 3.40. The van der Waals surface area contributed by atoms with Gasteiger partial charge in [0.15, 0.2) is 0 Å². The molecule has 0 rings (SSSR count). The van der Waals surface area contributed by atoms with Crippen LogP contribution in [0, 0.1) is 11.3 Å². The third-order valence-corrected chi connectivity index (χ3v) is 3.40. The minimum atomic E-state index is -0.157. The zero-order valence-corrected chi connectivity index (χ0v) is 11.4. The first-order chi connectivity index (χ1) is 7.35. The lowest BCUT2D eigenvalue weighted by atomic mass is 9.73. The fourth-order valence-electron chi connectivity index (χ4n) is 1.92. The Labute approximate surface area is 99.7 Å². The second-order valence-electron chi connectivity index (χ2n) is 5.35. The lowest BCUT2D eigenvalue weighted by Crippen LogP contribution is -2.41. The smallest absolute Gasteiger partial charge is 0.306 e. The van der Waals surface area contributed by atoms with Crippen LogP contribution in [-0.4, -0.2) is 19.1 Å². The number of methoxy groups -OCH3 is 1. The lowest BCUT2D eigenvalue weighted by Gasteiger charge is -2.34. The Balaban J connectivity index is 4.54. The fourth-order valence-corrected chi connectivity index (χ4v) is 1.92. The Morgan fingerprint density at radius 2 is 2.00 bits per heavy atom. The number of esters is 1. The first-order valence-electron chi connectivity index (χ1n) is 6.18. The van der Waals surface area contributed by atoms with Crippen LogP contribution in [0.4, 0.5) is 0 Å². The van der Waals surface area contributed by atoms with Crippen LogP contribution in [0.2, 0.25) is 0 Å². The Bertz CT molecular complexity index is 216. The molecule has 0 saturated carbocycles. The van der Waals surface area contributed by atoms with Crippen molar-refractivity contribution >= 4 is 5.97 Å². The molecule has 96 valence electrons. The number of ether oxygens (including phenoxy) is 1. The summed E-state index contributed by atoms with van der Waals surface area (Å²) in [7, 11) is 1.43. The van der Waals surface area contributed by atoms with E-state index < -0.39 is 0 Å². The molecule has 0 radical (unpaired) electrons. The van der Waals surface area contributed by atoms with Gasteiger partial charge in [0.2, 0.25) is 0 Å². The highest BCUT2D eigenvalue weighted by Crippen LogP contribution is 2.34. The third-order valence-electron chi connectivity index (χ3n) is 3.40. The molecule has 16 heavy (non-hydrogen) atoms. The van der Waals surface area contributed by atoms with E-state index in [9.17, 15) is 4.79 Å². The Morgan fingerprint density at radius 1 is 1.44 bits per heavy atom. The Hall–Kier alpha value is -0.570. The summed E-state index contributed by atoms with van der Waals surface area (Å²) in [5.74, 6) is 0.483. The van der Waals surface area contributed by atoms with Gasteiger partial charge in [-0.1, -0.05) is 34.1 Å². The molecule has 0 aliphatic carbocycles. The van der Waals surface area contributed by atoms with E-state index in [1.807, 2.05) is 0 Å². The number of rotatable bonds is 7. The molecule has 0 aliphatic rings. The molecule has 2 N–H and O–H groups in total. The summed E-state index contributed by atoms with van der Waals surface area (Å²) in [5.41, 5.74) is 6.00.